The fraction of sp³-hybridized carbons (Fsp3) is 0.250. The third-order valence-corrected chi connectivity index (χ3v) is 6.29. The Kier molecular flexibility index (Phi) is 6.60. The maximum absolute atomic E-state index is 13.4. The van der Waals surface area contributed by atoms with E-state index >= 15 is 0 Å². The van der Waals surface area contributed by atoms with Crippen molar-refractivity contribution < 1.29 is 13.2 Å². The zero-order valence-corrected chi connectivity index (χ0v) is 17.9. The molecule has 29 heavy (non-hydrogen) atoms. The highest BCUT2D eigenvalue weighted by Crippen LogP contribution is 2.27. The third-order valence-electron chi connectivity index (χ3n) is 4.48. The van der Waals surface area contributed by atoms with Gasteiger partial charge in [0.2, 0.25) is 0 Å². The van der Waals surface area contributed by atoms with Gasteiger partial charge in [0.25, 0.3) is 10.0 Å². The molecule has 0 saturated heterocycles. The van der Waals surface area contributed by atoms with Crippen LogP contribution in [0.1, 0.15) is 25.0 Å². The van der Waals surface area contributed by atoms with E-state index in [0.29, 0.717) is 24.6 Å². The first-order chi connectivity index (χ1) is 13.9. The van der Waals surface area contributed by atoms with Crippen molar-refractivity contribution in [3.8, 4) is 5.75 Å². The number of sulfonamides is 1. The molecule has 0 saturated carbocycles. The number of benzene rings is 3. The lowest BCUT2D eigenvalue weighted by atomic mass is 10.2. The molecule has 0 aromatic heterocycles. The molecule has 4 nitrogen and oxygen atoms in total. The van der Waals surface area contributed by atoms with Gasteiger partial charge in [-0.2, -0.15) is 0 Å². The SMILES string of the molecule is Cc1cccc(N(CC(C)C)S(=O)(=O)c2ccc(OCc3ccccc3)cc2)c1. The van der Waals surface area contributed by atoms with Gasteiger partial charge in [0.1, 0.15) is 12.4 Å². The molecule has 5 heteroatoms. The van der Waals surface area contributed by atoms with Gasteiger partial charge < -0.3 is 4.74 Å². The van der Waals surface area contributed by atoms with Crippen molar-refractivity contribution in [3.05, 3.63) is 90.0 Å². The minimum atomic E-state index is -3.67. The molecule has 0 aliphatic rings. The molecule has 3 aromatic carbocycles. The Morgan fingerprint density at radius 3 is 2.21 bits per heavy atom. The lowest BCUT2D eigenvalue weighted by Crippen LogP contribution is -2.34. The topological polar surface area (TPSA) is 46.6 Å². The fourth-order valence-electron chi connectivity index (χ4n) is 3.03. The number of nitrogens with zero attached hydrogens (tertiary/aromatic N) is 1. The molecule has 0 aliphatic heterocycles. The van der Waals surface area contributed by atoms with Crippen LogP contribution in [-0.2, 0) is 16.6 Å². The van der Waals surface area contributed by atoms with Crippen LogP contribution in [0.15, 0.2) is 83.8 Å². The quantitative estimate of drug-likeness (QED) is 0.499. The molecule has 0 aliphatic carbocycles. The summed E-state index contributed by atoms with van der Waals surface area (Å²) < 4.78 is 34.0. The van der Waals surface area contributed by atoms with E-state index in [1.54, 1.807) is 24.3 Å². The van der Waals surface area contributed by atoms with Crippen molar-refractivity contribution in [2.75, 3.05) is 10.8 Å². The largest absolute Gasteiger partial charge is 0.489 e. The van der Waals surface area contributed by atoms with Crippen LogP contribution < -0.4 is 9.04 Å². The Morgan fingerprint density at radius 1 is 0.897 bits per heavy atom. The van der Waals surface area contributed by atoms with E-state index in [4.69, 9.17) is 4.74 Å². The summed E-state index contributed by atoms with van der Waals surface area (Å²) in [6, 6.07) is 24.1. The van der Waals surface area contributed by atoms with Crippen LogP contribution in [0.25, 0.3) is 0 Å². The van der Waals surface area contributed by atoms with Gasteiger partial charge in [-0.15, -0.1) is 0 Å². The molecule has 0 heterocycles. The number of rotatable bonds is 8. The zero-order valence-electron chi connectivity index (χ0n) is 17.1. The Hall–Kier alpha value is -2.79. The first kappa shape index (κ1) is 20.9. The molecular weight excluding hydrogens is 382 g/mol. The van der Waals surface area contributed by atoms with Gasteiger partial charge in [0.15, 0.2) is 0 Å². The van der Waals surface area contributed by atoms with Crippen LogP contribution in [0.5, 0.6) is 5.75 Å². The maximum Gasteiger partial charge on any atom is 0.264 e. The predicted octanol–water partition coefficient (Wildman–Crippen LogP) is 5.43. The highest BCUT2D eigenvalue weighted by atomic mass is 32.2. The number of ether oxygens (including phenoxy) is 1. The molecule has 0 atom stereocenters. The Balaban J connectivity index is 1.82. The molecule has 0 fully saturated rings. The normalized spacial score (nSPS) is 11.4. The van der Waals surface area contributed by atoms with E-state index in [1.807, 2.05) is 75.4 Å². The smallest absolute Gasteiger partial charge is 0.264 e. The van der Waals surface area contributed by atoms with Crippen LogP contribution in [0.2, 0.25) is 0 Å². The van der Waals surface area contributed by atoms with Crippen LogP contribution in [0, 0.1) is 12.8 Å². The molecule has 0 unspecified atom stereocenters. The monoisotopic (exact) mass is 409 g/mol. The summed E-state index contributed by atoms with van der Waals surface area (Å²) in [5.74, 6) is 0.831. The average molecular weight is 410 g/mol. The van der Waals surface area contributed by atoms with E-state index in [1.165, 1.54) is 4.31 Å². The number of anilines is 1. The summed E-state index contributed by atoms with van der Waals surface area (Å²) in [5, 5.41) is 0. The van der Waals surface area contributed by atoms with Gasteiger partial charge in [0.05, 0.1) is 10.6 Å². The lowest BCUT2D eigenvalue weighted by Gasteiger charge is -2.26. The summed E-state index contributed by atoms with van der Waals surface area (Å²) in [4.78, 5) is 0.256. The van der Waals surface area contributed by atoms with Gasteiger partial charge in [-0.05, 0) is 60.4 Å². The summed E-state index contributed by atoms with van der Waals surface area (Å²) in [6.07, 6.45) is 0. The Bertz CT molecular complexity index is 1030. The molecule has 3 aromatic rings. The van der Waals surface area contributed by atoms with Crippen molar-refractivity contribution in [3.63, 3.8) is 0 Å². The number of aryl methyl sites for hydroxylation is 1. The highest BCUT2D eigenvalue weighted by molar-refractivity contribution is 7.92. The van der Waals surface area contributed by atoms with Crippen molar-refractivity contribution >= 4 is 15.7 Å². The van der Waals surface area contributed by atoms with E-state index in [-0.39, 0.29) is 10.8 Å². The first-order valence-electron chi connectivity index (χ1n) is 9.72. The second-order valence-electron chi connectivity index (χ2n) is 7.51. The summed E-state index contributed by atoms with van der Waals surface area (Å²) in [7, 11) is -3.67. The van der Waals surface area contributed by atoms with E-state index in [2.05, 4.69) is 0 Å². The molecule has 152 valence electrons. The molecule has 0 bridgehead atoms. The van der Waals surface area contributed by atoms with E-state index < -0.39 is 10.0 Å². The van der Waals surface area contributed by atoms with Crippen LogP contribution in [0.4, 0.5) is 5.69 Å². The summed E-state index contributed by atoms with van der Waals surface area (Å²) in [6.45, 7) is 6.84. The minimum Gasteiger partial charge on any atom is -0.489 e. The maximum atomic E-state index is 13.4. The van der Waals surface area contributed by atoms with Crippen molar-refractivity contribution in [1.82, 2.24) is 0 Å². The summed E-state index contributed by atoms with van der Waals surface area (Å²) in [5.41, 5.74) is 2.77. The predicted molar refractivity (Wildman–Crippen MR) is 118 cm³/mol. The molecule has 0 amide bonds. The van der Waals surface area contributed by atoms with Crippen molar-refractivity contribution in [1.29, 1.82) is 0 Å². The van der Waals surface area contributed by atoms with Gasteiger partial charge in [0, 0.05) is 6.54 Å². The Morgan fingerprint density at radius 2 is 1.59 bits per heavy atom. The second-order valence-corrected chi connectivity index (χ2v) is 9.38. The summed E-state index contributed by atoms with van der Waals surface area (Å²) >= 11 is 0. The van der Waals surface area contributed by atoms with Gasteiger partial charge in [-0.3, -0.25) is 4.31 Å². The number of hydrogen-bond donors (Lipinski definition) is 0. The fourth-order valence-corrected chi connectivity index (χ4v) is 4.65. The molecule has 3 rings (SSSR count). The second kappa shape index (κ2) is 9.14. The van der Waals surface area contributed by atoms with Crippen LogP contribution in [0.3, 0.4) is 0 Å². The Labute approximate surface area is 173 Å². The molecule has 0 spiro atoms. The van der Waals surface area contributed by atoms with Crippen LogP contribution >= 0.6 is 0 Å². The van der Waals surface area contributed by atoms with Gasteiger partial charge in [-0.25, -0.2) is 8.42 Å². The lowest BCUT2D eigenvalue weighted by molar-refractivity contribution is 0.306. The van der Waals surface area contributed by atoms with E-state index in [0.717, 1.165) is 11.1 Å². The minimum absolute atomic E-state index is 0.193. The number of hydrogen-bond acceptors (Lipinski definition) is 3. The highest BCUT2D eigenvalue weighted by Gasteiger charge is 2.25. The van der Waals surface area contributed by atoms with Gasteiger partial charge in [-0.1, -0.05) is 56.3 Å². The first-order valence-corrected chi connectivity index (χ1v) is 11.2. The van der Waals surface area contributed by atoms with Crippen molar-refractivity contribution in [2.24, 2.45) is 5.92 Å². The standard InChI is InChI=1S/C24H27NO3S/c1-19(2)17-25(22-11-7-8-20(3)16-22)29(26,27)24-14-12-23(13-15-24)28-18-21-9-5-4-6-10-21/h4-16,19H,17-18H2,1-3H3. The van der Waals surface area contributed by atoms with Crippen molar-refractivity contribution in [2.45, 2.75) is 32.3 Å². The van der Waals surface area contributed by atoms with E-state index in [9.17, 15) is 8.42 Å². The molecule has 0 N–H and O–H groups in total. The zero-order chi connectivity index (χ0) is 20.9. The van der Waals surface area contributed by atoms with Crippen LogP contribution in [-0.4, -0.2) is 15.0 Å². The third kappa shape index (κ3) is 5.39. The average Bonchev–Trinajstić information content (AvgIpc) is 2.71. The van der Waals surface area contributed by atoms with Gasteiger partial charge >= 0.3 is 0 Å². The molecule has 0 radical (unpaired) electrons. The molecular formula is C24H27NO3S.